The highest BCUT2D eigenvalue weighted by atomic mass is 19.1. The third kappa shape index (κ3) is 3.34. The highest BCUT2D eigenvalue weighted by Crippen LogP contribution is 2.32. The van der Waals surface area contributed by atoms with Crippen LogP contribution in [-0.4, -0.2) is 24.3 Å². The molecular weight excluding hydrogens is 241 g/mol. The van der Waals surface area contributed by atoms with Gasteiger partial charge in [-0.1, -0.05) is 26.0 Å². The van der Waals surface area contributed by atoms with E-state index in [4.69, 9.17) is 4.74 Å². The van der Waals surface area contributed by atoms with Crippen molar-refractivity contribution in [2.45, 2.75) is 45.3 Å². The Balaban J connectivity index is 2.11. The number of nitrogens with one attached hydrogen (secondary N) is 1. The smallest absolute Gasteiger partial charge is 0.123 e. The van der Waals surface area contributed by atoms with E-state index in [1.54, 1.807) is 0 Å². The Kier molecular flexibility index (Phi) is 3.98. The van der Waals surface area contributed by atoms with Gasteiger partial charge in [-0.25, -0.2) is 4.39 Å². The Hall–Kier alpha value is -0.930. The van der Waals surface area contributed by atoms with Crippen LogP contribution in [0.4, 0.5) is 4.39 Å². The van der Waals surface area contributed by atoms with Gasteiger partial charge in [-0.05, 0) is 37.5 Å². The number of benzene rings is 1. The molecule has 106 valence electrons. The summed E-state index contributed by atoms with van der Waals surface area (Å²) in [5.74, 6) is 0.261. The molecule has 1 aliphatic heterocycles. The predicted octanol–water partition coefficient (Wildman–Crippen LogP) is 3.16. The normalized spacial score (nSPS) is 31.7. The minimum atomic E-state index is -0.241. The summed E-state index contributed by atoms with van der Waals surface area (Å²) in [7, 11) is 0. The maximum absolute atomic E-state index is 12.9. The number of morpholine rings is 1. The first-order chi connectivity index (χ1) is 8.83. The molecule has 1 aromatic rings. The van der Waals surface area contributed by atoms with Crippen molar-refractivity contribution >= 4 is 0 Å². The van der Waals surface area contributed by atoms with Crippen molar-refractivity contribution in [2.24, 2.45) is 5.92 Å². The molecule has 1 saturated heterocycles. The summed E-state index contributed by atoms with van der Waals surface area (Å²) in [5, 5.41) is 3.48. The quantitative estimate of drug-likeness (QED) is 0.906. The predicted molar refractivity (Wildman–Crippen MR) is 75.7 cm³/mol. The fraction of sp³-hybridized carbons (Fsp3) is 0.625. The largest absolute Gasteiger partial charge is 0.366 e. The second-order valence-electron chi connectivity index (χ2n) is 6.43. The lowest BCUT2D eigenvalue weighted by Gasteiger charge is -2.48. The molecule has 3 heteroatoms. The Morgan fingerprint density at radius 3 is 2.42 bits per heavy atom. The number of halogens is 1. The fourth-order valence-corrected chi connectivity index (χ4v) is 2.66. The molecule has 0 saturated carbocycles. The van der Waals surface area contributed by atoms with Crippen LogP contribution in [0.15, 0.2) is 24.3 Å². The summed E-state index contributed by atoms with van der Waals surface area (Å²) in [5.41, 5.74) is 0.723. The molecule has 0 aliphatic carbocycles. The van der Waals surface area contributed by atoms with Gasteiger partial charge in [-0.2, -0.15) is 0 Å². The van der Waals surface area contributed by atoms with E-state index in [1.807, 2.05) is 12.1 Å². The van der Waals surface area contributed by atoms with E-state index in [9.17, 15) is 4.39 Å². The molecule has 0 radical (unpaired) electrons. The van der Waals surface area contributed by atoms with Gasteiger partial charge in [0.15, 0.2) is 0 Å². The van der Waals surface area contributed by atoms with Crippen molar-refractivity contribution in [2.75, 3.05) is 13.1 Å². The van der Waals surface area contributed by atoms with Crippen LogP contribution < -0.4 is 5.32 Å². The van der Waals surface area contributed by atoms with Crippen LogP contribution in [0.25, 0.3) is 0 Å². The van der Waals surface area contributed by atoms with Crippen LogP contribution in [0.1, 0.15) is 33.3 Å². The zero-order valence-electron chi connectivity index (χ0n) is 12.3. The van der Waals surface area contributed by atoms with Crippen LogP contribution in [0.3, 0.4) is 0 Å². The second-order valence-corrected chi connectivity index (χ2v) is 6.43. The van der Waals surface area contributed by atoms with Gasteiger partial charge in [-0.15, -0.1) is 0 Å². The molecule has 2 nitrogen and oxygen atoms in total. The highest BCUT2D eigenvalue weighted by molar-refractivity contribution is 5.18. The average Bonchev–Trinajstić information content (AvgIpc) is 2.31. The molecular formula is C16H24FNO. The van der Waals surface area contributed by atoms with E-state index in [0.29, 0.717) is 5.92 Å². The summed E-state index contributed by atoms with van der Waals surface area (Å²) in [6.45, 7) is 10.4. The maximum atomic E-state index is 12.9. The monoisotopic (exact) mass is 265 g/mol. The molecule has 1 aromatic carbocycles. The molecule has 2 rings (SSSR count). The van der Waals surface area contributed by atoms with E-state index >= 15 is 0 Å². The van der Waals surface area contributed by atoms with Crippen LogP contribution in [0.5, 0.6) is 0 Å². The summed E-state index contributed by atoms with van der Waals surface area (Å²) in [6, 6.07) is 6.70. The first kappa shape index (κ1) is 14.5. The van der Waals surface area contributed by atoms with E-state index in [0.717, 1.165) is 25.1 Å². The number of rotatable bonds is 3. The lowest BCUT2D eigenvalue weighted by atomic mass is 9.86. The number of hydrogen-bond acceptors (Lipinski definition) is 2. The van der Waals surface area contributed by atoms with Crippen LogP contribution >= 0.6 is 0 Å². The van der Waals surface area contributed by atoms with Gasteiger partial charge in [0.2, 0.25) is 0 Å². The van der Waals surface area contributed by atoms with E-state index in [2.05, 4.69) is 33.0 Å². The van der Waals surface area contributed by atoms with Crippen LogP contribution in [0, 0.1) is 11.7 Å². The van der Waals surface area contributed by atoms with Crippen molar-refractivity contribution in [3.63, 3.8) is 0 Å². The third-order valence-electron chi connectivity index (χ3n) is 4.17. The molecule has 0 amide bonds. The highest BCUT2D eigenvalue weighted by Gasteiger charge is 2.41. The topological polar surface area (TPSA) is 21.3 Å². The maximum Gasteiger partial charge on any atom is 0.123 e. The molecule has 0 spiro atoms. The average molecular weight is 265 g/mol. The molecule has 2 unspecified atom stereocenters. The van der Waals surface area contributed by atoms with Gasteiger partial charge >= 0.3 is 0 Å². The molecule has 1 heterocycles. The van der Waals surface area contributed by atoms with Gasteiger partial charge in [0.25, 0.3) is 0 Å². The summed E-state index contributed by atoms with van der Waals surface area (Å²) < 4.78 is 19.3. The molecule has 1 fully saturated rings. The van der Waals surface area contributed by atoms with Crippen LogP contribution in [-0.2, 0) is 11.2 Å². The van der Waals surface area contributed by atoms with Gasteiger partial charge in [0.05, 0.1) is 11.2 Å². The molecule has 1 N–H and O–H groups in total. The van der Waals surface area contributed by atoms with E-state index in [-0.39, 0.29) is 17.0 Å². The van der Waals surface area contributed by atoms with Crippen molar-refractivity contribution in [3.05, 3.63) is 35.6 Å². The summed E-state index contributed by atoms with van der Waals surface area (Å²) >= 11 is 0. The zero-order chi connectivity index (χ0) is 14.1. The van der Waals surface area contributed by atoms with Gasteiger partial charge < -0.3 is 10.1 Å². The van der Waals surface area contributed by atoms with Crippen molar-refractivity contribution in [1.29, 1.82) is 0 Å². The molecule has 0 aromatic heterocycles. The van der Waals surface area contributed by atoms with Crippen molar-refractivity contribution in [1.82, 2.24) is 5.32 Å². The first-order valence-corrected chi connectivity index (χ1v) is 6.98. The lowest BCUT2D eigenvalue weighted by molar-refractivity contribution is -0.180. The summed E-state index contributed by atoms with van der Waals surface area (Å²) in [4.78, 5) is 0. The third-order valence-corrected chi connectivity index (χ3v) is 4.17. The number of ether oxygens (including phenoxy) is 1. The van der Waals surface area contributed by atoms with Crippen molar-refractivity contribution in [3.8, 4) is 0 Å². The van der Waals surface area contributed by atoms with Gasteiger partial charge in [-0.3, -0.25) is 0 Å². The zero-order valence-corrected chi connectivity index (χ0v) is 12.3. The minimum absolute atomic E-state index is 0.146. The Morgan fingerprint density at radius 1 is 1.21 bits per heavy atom. The minimum Gasteiger partial charge on any atom is -0.366 e. The Morgan fingerprint density at radius 2 is 1.84 bits per heavy atom. The second kappa shape index (κ2) is 5.22. The van der Waals surface area contributed by atoms with Gasteiger partial charge in [0, 0.05) is 19.5 Å². The summed E-state index contributed by atoms with van der Waals surface area (Å²) in [6.07, 6.45) is 0.794. The number of hydrogen-bond donors (Lipinski definition) is 1. The lowest BCUT2D eigenvalue weighted by Crippen LogP contribution is -2.60. The van der Waals surface area contributed by atoms with Gasteiger partial charge in [0.1, 0.15) is 5.82 Å². The van der Waals surface area contributed by atoms with Crippen LogP contribution in [0.2, 0.25) is 0 Å². The molecule has 0 bridgehead atoms. The fourth-order valence-electron chi connectivity index (χ4n) is 2.66. The SMILES string of the molecule is CC(C)C1(C)CNCC(C)(Cc2ccc(F)cc2)O1. The van der Waals surface area contributed by atoms with E-state index in [1.165, 1.54) is 12.1 Å². The molecule has 2 atom stereocenters. The van der Waals surface area contributed by atoms with Crippen molar-refractivity contribution < 1.29 is 9.13 Å². The Labute approximate surface area is 115 Å². The van der Waals surface area contributed by atoms with E-state index < -0.39 is 0 Å². The standard InChI is InChI=1S/C16H24FNO/c1-12(2)16(4)11-18-10-15(3,19-16)9-13-5-7-14(17)8-6-13/h5-8,12,18H,9-11H2,1-4H3. The Bertz CT molecular complexity index is 431. The molecule has 19 heavy (non-hydrogen) atoms. The first-order valence-electron chi connectivity index (χ1n) is 6.98. The molecule has 1 aliphatic rings.